The molecule has 11 heteroatoms. The molecule has 0 aromatic heterocycles. The molecule has 1 atom stereocenters. The van der Waals surface area contributed by atoms with Gasteiger partial charge in [0.1, 0.15) is 24.1 Å². The first-order valence-electron chi connectivity index (χ1n) is 13.1. The molecule has 3 aromatic rings. The Labute approximate surface area is 247 Å². The topological polar surface area (TPSA) is 105 Å². The molecule has 9 nitrogen and oxygen atoms in total. The van der Waals surface area contributed by atoms with Gasteiger partial charge >= 0.3 is 0 Å². The number of benzene rings is 3. The van der Waals surface area contributed by atoms with E-state index in [1.54, 1.807) is 56.5 Å². The summed E-state index contributed by atoms with van der Waals surface area (Å²) in [7, 11) is -1.18. The van der Waals surface area contributed by atoms with E-state index >= 15 is 0 Å². The molecule has 0 spiro atoms. The molecule has 3 aromatic carbocycles. The van der Waals surface area contributed by atoms with Gasteiger partial charge in [0, 0.05) is 18.1 Å². The third kappa shape index (κ3) is 8.37. The summed E-state index contributed by atoms with van der Waals surface area (Å²) in [6, 6.07) is 18.4. The van der Waals surface area contributed by atoms with Crippen LogP contribution in [0.25, 0.3) is 0 Å². The maximum atomic E-state index is 14.0. The average molecular weight is 602 g/mol. The summed E-state index contributed by atoms with van der Waals surface area (Å²) < 4.78 is 39.2. The average Bonchev–Trinajstić information content (AvgIpc) is 2.97. The SMILES string of the molecule is COc1ccc(CN(C(=O)CN(c2cccc(Cl)c2)S(=O)(=O)c2ccc(OC)cc2)[C@@H](C)C(=O)NCC(C)C)cc1. The molecule has 2 amide bonds. The van der Waals surface area contributed by atoms with Crippen LogP contribution >= 0.6 is 11.6 Å². The zero-order chi connectivity index (χ0) is 30.2. The van der Waals surface area contributed by atoms with Crippen molar-refractivity contribution in [2.75, 3.05) is 31.6 Å². The van der Waals surface area contributed by atoms with Crippen molar-refractivity contribution in [3.63, 3.8) is 0 Å². The Morgan fingerprint density at radius 3 is 2.02 bits per heavy atom. The molecule has 0 aliphatic rings. The Kier molecular flexibility index (Phi) is 11.0. The second-order valence-corrected chi connectivity index (χ2v) is 12.2. The number of carbonyl (C=O) groups excluding carboxylic acids is 2. The van der Waals surface area contributed by atoms with Crippen LogP contribution < -0.4 is 19.1 Å². The van der Waals surface area contributed by atoms with Crippen LogP contribution in [0.1, 0.15) is 26.3 Å². The minimum Gasteiger partial charge on any atom is -0.497 e. The van der Waals surface area contributed by atoms with Crippen molar-refractivity contribution in [2.45, 2.75) is 38.3 Å². The van der Waals surface area contributed by atoms with E-state index in [1.165, 1.54) is 42.3 Å². The number of nitrogens with zero attached hydrogens (tertiary/aromatic N) is 2. The summed E-state index contributed by atoms with van der Waals surface area (Å²) in [5, 5.41) is 3.17. The van der Waals surface area contributed by atoms with E-state index < -0.39 is 28.5 Å². The maximum Gasteiger partial charge on any atom is 0.264 e. The molecule has 3 rings (SSSR count). The highest BCUT2D eigenvalue weighted by molar-refractivity contribution is 7.92. The number of anilines is 1. The van der Waals surface area contributed by atoms with Gasteiger partial charge in [-0.3, -0.25) is 13.9 Å². The first kappa shape index (κ1) is 31.8. The molecule has 0 saturated carbocycles. The van der Waals surface area contributed by atoms with Crippen molar-refractivity contribution in [3.8, 4) is 11.5 Å². The van der Waals surface area contributed by atoms with Crippen molar-refractivity contribution in [2.24, 2.45) is 5.92 Å². The van der Waals surface area contributed by atoms with Crippen molar-refractivity contribution < 1.29 is 27.5 Å². The largest absolute Gasteiger partial charge is 0.497 e. The van der Waals surface area contributed by atoms with Gasteiger partial charge in [-0.15, -0.1) is 0 Å². The number of sulfonamides is 1. The van der Waals surface area contributed by atoms with Crippen LogP contribution in [0.2, 0.25) is 5.02 Å². The zero-order valence-electron chi connectivity index (χ0n) is 23.8. The molecule has 0 saturated heterocycles. The predicted molar refractivity (Wildman–Crippen MR) is 160 cm³/mol. The van der Waals surface area contributed by atoms with Gasteiger partial charge in [0.15, 0.2) is 0 Å². The third-order valence-electron chi connectivity index (χ3n) is 6.39. The fourth-order valence-electron chi connectivity index (χ4n) is 4.00. The number of hydrogen-bond donors (Lipinski definition) is 1. The normalized spacial score (nSPS) is 12.0. The van der Waals surface area contributed by atoms with Crippen LogP contribution in [0.15, 0.2) is 77.7 Å². The molecule has 0 unspecified atom stereocenters. The number of halogens is 1. The maximum absolute atomic E-state index is 14.0. The van der Waals surface area contributed by atoms with Gasteiger partial charge in [0.25, 0.3) is 10.0 Å². The van der Waals surface area contributed by atoms with Crippen LogP contribution in [0.5, 0.6) is 11.5 Å². The highest BCUT2D eigenvalue weighted by Gasteiger charge is 2.32. The summed E-state index contributed by atoms with van der Waals surface area (Å²) in [6.45, 7) is 5.51. The van der Waals surface area contributed by atoms with Crippen molar-refractivity contribution in [3.05, 3.63) is 83.4 Å². The number of rotatable bonds is 13. The number of methoxy groups -OCH3 is 2. The molecule has 0 radical (unpaired) electrons. The van der Waals surface area contributed by atoms with Crippen LogP contribution in [-0.4, -0.2) is 58.5 Å². The van der Waals surface area contributed by atoms with Crippen LogP contribution in [-0.2, 0) is 26.2 Å². The van der Waals surface area contributed by atoms with E-state index in [0.29, 0.717) is 23.1 Å². The van der Waals surface area contributed by atoms with Crippen LogP contribution in [0, 0.1) is 5.92 Å². The van der Waals surface area contributed by atoms with E-state index in [-0.39, 0.29) is 29.0 Å². The van der Waals surface area contributed by atoms with E-state index in [0.717, 1.165) is 9.87 Å². The standard InChI is InChI=1S/C30H36ClN3O6S/c1-21(2)18-32-30(36)22(3)33(19-23-9-11-26(39-4)12-10-23)29(35)20-34(25-8-6-7-24(31)17-25)41(37,38)28-15-13-27(40-5)14-16-28/h6-17,21-22H,18-20H2,1-5H3,(H,32,36)/t22-/m0/s1. The summed E-state index contributed by atoms with van der Waals surface area (Å²) in [6.07, 6.45) is 0. The lowest BCUT2D eigenvalue weighted by molar-refractivity contribution is -0.139. The van der Waals surface area contributed by atoms with Gasteiger partial charge in [-0.1, -0.05) is 43.6 Å². The smallest absolute Gasteiger partial charge is 0.264 e. The molecule has 220 valence electrons. The lowest BCUT2D eigenvalue weighted by Crippen LogP contribution is -2.51. The van der Waals surface area contributed by atoms with E-state index in [4.69, 9.17) is 21.1 Å². The first-order chi connectivity index (χ1) is 19.5. The molecule has 0 aliphatic carbocycles. The number of carbonyl (C=O) groups is 2. The lowest BCUT2D eigenvalue weighted by atomic mass is 10.1. The van der Waals surface area contributed by atoms with Crippen LogP contribution in [0.4, 0.5) is 5.69 Å². The minimum absolute atomic E-state index is 0.0319. The lowest BCUT2D eigenvalue weighted by Gasteiger charge is -2.32. The highest BCUT2D eigenvalue weighted by atomic mass is 35.5. The molecule has 41 heavy (non-hydrogen) atoms. The number of amides is 2. The number of hydrogen-bond acceptors (Lipinski definition) is 6. The molecule has 0 heterocycles. The summed E-state index contributed by atoms with van der Waals surface area (Å²) >= 11 is 6.21. The Morgan fingerprint density at radius 2 is 1.49 bits per heavy atom. The van der Waals surface area contributed by atoms with Gasteiger partial charge < -0.3 is 19.7 Å². The van der Waals surface area contributed by atoms with Gasteiger partial charge in [0.05, 0.1) is 24.8 Å². The van der Waals surface area contributed by atoms with E-state index in [1.807, 2.05) is 13.8 Å². The molecule has 0 fully saturated rings. The highest BCUT2D eigenvalue weighted by Crippen LogP contribution is 2.28. The third-order valence-corrected chi connectivity index (χ3v) is 8.41. The van der Waals surface area contributed by atoms with Crippen molar-refractivity contribution >= 4 is 39.1 Å². The fourth-order valence-corrected chi connectivity index (χ4v) is 5.59. The van der Waals surface area contributed by atoms with E-state index in [9.17, 15) is 18.0 Å². The monoisotopic (exact) mass is 601 g/mol. The molecule has 0 bridgehead atoms. The summed E-state index contributed by atoms with van der Waals surface area (Å²) in [4.78, 5) is 28.4. The first-order valence-corrected chi connectivity index (χ1v) is 14.9. The quantitative estimate of drug-likeness (QED) is 0.303. The van der Waals surface area contributed by atoms with Gasteiger partial charge in [0.2, 0.25) is 11.8 Å². The second kappa shape index (κ2) is 14.2. The number of nitrogens with one attached hydrogen (secondary N) is 1. The molecular formula is C30H36ClN3O6S. The van der Waals surface area contributed by atoms with E-state index in [2.05, 4.69) is 5.32 Å². The van der Waals surface area contributed by atoms with Crippen LogP contribution in [0.3, 0.4) is 0 Å². The summed E-state index contributed by atoms with van der Waals surface area (Å²) in [5.74, 6) is 0.441. The molecule has 1 N–H and O–H groups in total. The second-order valence-electron chi connectivity index (χ2n) is 9.85. The summed E-state index contributed by atoms with van der Waals surface area (Å²) in [5.41, 5.74) is 0.956. The minimum atomic E-state index is -4.22. The Bertz CT molecular complexity index is 1430. The Hall–Kier alpha value is -3.76. The zero-order valence-corrected chi connectivity index (χ0v) is 25.4. The van der Waals surface area contributed by atoms with Gasteiger partial charge in [-0.2, -0.15) is 0 Å². The molecular weight excluding hydrogens is 566 g/mol. The fraction of sp³-hybridized carbons (Fsp3) is 0.333. The van der Waals surface area contributed by atoms with Gasteiger partial charge in [-0.05, 0) is 73.0 Å². The van der Waals surface area contributed by atoms with Gasteiger partial charge in [-0.25, -0.2) is 8.42 Å². The Morgan fingerprint density at radius 1 is 0.902 bits per heavy atom. The van der Waals surface area contributed by atoms with Crippen molar-refractivity contribution in [1.29, 1.82) is 0 Å². The molecule has 0 aliphatic heterocycles. The Balaban J connectivity index is 2.01. The van der Waals surface area contributed by atoms with Crippen molar-refractivity contribution in [1.82, 2.24) is 10.2 Å². The predicted octanol–water partition coefficient (Wildman–Crippen LogP) is 4.74. The number of ether oxygens (including phenoxy) is 2.